The van der Waals surface area contributed by atoms with Crippen molar-refractivity contribution in [3.05, 3.63) is 69.4 Å². The summed E-state index contributed by atoms with van der Waals surface area (Å²) in [6.07, 6.45) is 3.63. The molecule has 0 saturated carbocycles. The molecule has 0 radical (unpaired) electrons. The first-order valence-electron chi connectivity index (χ1n) is 12.4. The van der Waals surface area contributed by atoms with Crippen LogP contribution in [0.3, 0.4) is 0 Å². The Bertz CT molecular complexity index is 1440. The number of carbonyl (C=O) groups excluding carboxylic acids is 2. The fraction of sp³-hybridized carbons (Fsp3) is 0.370. The van der Waals surface area contributed by atoms with Gasteiger partial charge in [-0.05, 0) is 55.5 Å². The van der Waals surface area contributed by atoms with Crippen molar-refractivity contribution in [1.29, 1.82) is 0 Å². The Hall–Kier alpha value is -4.28. The van der Waals surface area contributed by atoms with Crippen molar-refractivity contribution < 1.29 is 29.0 Å². The third-order valence-corrected chi connectivity index (χ3v) is 6.56. The van der Waals surface area contributed by atoms with Crippen molar-refractivity contribution in [2.75, 3.05) is 13.1 Å². The largest absolute Gasteiger partial charge is 0.505 e. The van der Waals surface area contributed by atoms with E-state index in [2.05, 4.69) is 10.3 Å². The number of amides is 2. The van der Waals surface area contributed by atoms with Gasteiger partial charge in [-0.25, -0.2) is 4.39 Å². The number of carbonyl (C=O) groups is 3. The second kappa shape index (κ2) is 11.4. The predicted molar refractivity (Wildman–Crippen MR) is 136 cm³/mol. The SMILES string of the molecule is C[C@H](CC(=O)O)NC(=O)c1c(O)c2ncc(Cc3ccc(F)cc3)cc2n(CCN2CCCCC2=O)c1=O. The Balaban J connectivity index is 1.75. The minimum Gasteiger partial charge on any atom is -0.505 e. The lowest BCUT2D eigenvalue weighted by Gasteiger charge is -2.27. The monoisotopic (exact) mass is 524 g/mol. The zero-order valence-corrected chi connectivity index (χ0v) is 20.9. The van der Waals surface area contributed by atoms with Gasteiger partial charge in [0, 0.05) is 38.3 Å². The average molecular weight is 525 g/mol. The van der Waals surface area contributed by atoms with E-state index in [1.165, 1.54) is 29.8 Å². The number of hydrogen-bond acceptors (Lipinski definition) is 6. The van der Waals surface area contributed by atoms with Crippen LogP contribution in [0.1, 0.15) is 54.1 Å². The van der Waals surface area contributed by atoms with Crippen LogP contribution in [0, 0.1) is 5.82 Å². The van der Waals surface area contributed by atoms with E-state index in [9.17, 15) is 28.7 Å². The molecule has 3 heterocycles. The lowest BCUT2D eigenvalue weighted by Crippen LogP contribution is -2.41. The topological polar surface area (TPSA) is 142 Å². The van der Waals surface area contributed by atoms with Gasteiger partial charge < -0.3 is 25.0 Å². The molecular weight excluding hydrogens is 495 g/mol. The molecule has 200 valence electrons. The summed E-state index contributed by atoms with van der Waals surface area (Å²) in [5.74, 6) is -3.02. The van der Waals surface area contributed by atoms with E-state index >= 15 is 0 Å². The summed E-state index contributed by atoms with van der Waals surface area (Å²) in [7, 11) is 0. The summed E-state index contributed by atoms with van der Waals surface area (Å²) in [6.45, 7) is 2.34. The van der Waals surface area contributed by atoms with E-state index < -0.39 is 34.8 Å². The van der Waals surface area contributed by atoms with Crippen LogP contribution in [0.15, 0.2) is 41.3 Å². The Morgan fingerprint density at radius 1 is 1.13 bits per heavy atom. The number of piperidine rings is 1. The standard InChI is InChI=1S/C27H29FN4O6/c1-16(12-22(34)35)30-26(37)23-25(36)24-20(14-18(15-29-24)13-17-5-7-19(28)8-6-17)32(27(23)38)11-10-31-9-3-2-4-21(31)33/h5-8,14-16,36H,2-4,9-13H2,1H3,(H,30,37)(H,34,35)/t16-/m1/s1. The fourth-order valence-electron chi connectivity index (χ4n) is 4.64. The van der Waals surface area contributed by atoms with Crippen LogP contribution in [0.4, 0.5) is 4.39 Å². The Morgan fingerprint density at radius 2 is 1.87 bits per heavy atom. The molecule has 0 unspecified atom stereocenters. The average Bonchev–Trinajstić information content (AvgIpc) is 2.85. The van der Waals surface area contributed by atoms with Crippen molar-refractivity contribution in [3.63, 3.8) is 0 Å². The van der Waals surface area contributed by atoms with E-state index in [-0.39, 0.29) is 42.3 Å². The number of aromatic hydroxyl groups is 1. The second-order valence-corrected chi connectivity index (χ2v) is 9.51. The number of fused-ring (bicyclic) bond motifs is 1. The van der Waals surface area contributed by atoms with Crippen LogP contribution in [0.2, 0.25) is 0 Å². The van der Waals surface area contributed by atoms with Gasteiger partial charge in [0.1, 0.15) is 16.9 Å². The van der Waals surface area contributed by atoms with E-state index in [0.717, 1.165) is 18.4 Å². The molecule has 1 saturated heterocycles. The number of benzene rings is 1. The van der Waals surface area contributed by atoms with Crippen LogP contribution in [0.25, 0.3) is 11.0 Å². The van der Waals surface area contributed by atoms with E-state index in [4.69, 9.17) is 5.11 Å². The lowest BCUT2D eigenvalue weighted by molar-refractivity contribution is -0.137. The molecule has 38 heavy (non-hydrogen) atoms. The molecule has 10 nitrogen and oxygen atoms in total. The molecule has 0 spiro atoms. The van der Waals surface area contributed by atoms with Crippen molar-refractivity contribution in [1.82, 2.24) is 19.8 Å². The zero-order valence-electron chi connectivity index (χ0n) is 20.9. The third kappa shape index (κ3) is 5.99. The maximum Gasteiger partial charge on any atom is 0.305 e. The smallest absolute Gasteiger partial charge is 0.305 e. The van der Waals surface area contributed by atoms with E-state index in [1.807, 2.05) is 0 Å². The van der Waals surface area contributed by atoms with Crippen LogP contribution in [0.5, 0.6) is 5.75 Å². The molecule has 1 aromatic carbocycles. The van der Waals surface area contributed by atoms with Crippen molar-refractivity contribution in [2.45, 2.75) is 51.6 Å². The molecule has 2 amide bonds. The molecule has 0 bridgehead atoms. The number of aliphatic carboxylic acids is 1. The predicted octanol–water partition coefficient (Wildman–Crippen LogP) is 2.44. The molecule has 1 aliphatic heterocycles. The van der Waals surface area contributed by atoms with Crippen LogP contribution >= 0.6 is 0 Å². The van der Waals surface area contributed by atoms with Gasteiger partial charge in [0.15, 0.2) is 5.75 Å². The van der Waals surface area contributed by atoms with Crippen molar-refractivity contribution >= 4 is 28.8 Å². The number of hydrogen-bond donors (Lipinski definition) is 3. The zero-order chi connectivity index (χ0) is 27.4. The highest BCUT2D eigenvalue weighted by Gasteiger charge is 2.26. The normalized spacial score (nSPS) is 14.5. The number of nitrogens with zero attached hydrogens (tertiary/aromatic N) is 3. The summed E-state index contributed by atoms with van der Waals surface area (Å²) >= 11 is 0. The highest BCUT2D eigenvalue weighted by molar-refractivity contribution is 6.01. The molecular formula is C27H29FN4O6. The number of likely N-dealkylation sites (tertiary alicyclic amines) is 1. The van der Waals surface area contributed by atoms with Gasteiger partial charge >= 0.3 is 5.97 Å². The summed E-state index contributed by atoms with van der Waals surface area (Å²) in [4.78, 5) is 55.9. The summed E-state index contributed by atoms with van der Waals surface area (Å²) in [5.41, 5.74) is 0.491. The number of carboxylic acid groups (broad SMARTS) is 1. The summed E-state index contributed by atoms with van der Waals surface area (Å²) in [5, 5.41) is 22.4. The summed E-state index contributed by atoms with van der Waals surface area (Å²) < 4.78 is 14.6. The Morgan fingerprint density at radius 3 is 2.55 bits per heavy atom. The maximum absolute atomic E-state index is 13.6. The van der Waals surface area contributed by atoms with E-state index in [0.29, 0.717) is 24.9 Å². The third-order valence-electron chi connectivity index (χ3n) is 6.56. The quantitative estimate of drug-likeness (QED) is 0.390. The molecule has 11 heteroatoms. The van der Waals surface area contributed by atoms with Crippen LogP contribution in [-0.4, -0.2) is 61.6 Å². The first-order chi connectivity index (χ1) is 18.1. The molecule has 2 aromatic heterocycles. The molecule has 1 fully saturated rings. The molecule has 0 aliphatic carbocycles. The number of halogens is 1. The van der Waals surface area contributed by atoms with Gasteiger partial charge in [-0.15, -0.1) is 0 Å². The first kappa shape index (κ1) is 26.8. The van der Waals surface area contributed by atoms with Gasteiger partial charge in [-0.3, -0.25) is 24.2 Å². The van der Waals surface area contributed by atoms with Crippen molar-refractivity contribution in [3.8, 4) is 5.75 Å². The highest BCUT2D eigenvalue weighted by atomic mass is 19.1. The van der Waals surface area contributed by atoms with Crippen LogP contribution < -0.4 is 10.9 Å². The highest BCUT2D eigenvalue weighted by Crippen LogP contribution is 2.26. The van der Waals surface area contributed by atoms with Gasteiger partial charge in [-0.1, -0.05) is 12.1 Å². The molecule has 3 aromatic rings. The summed E-state index contributed by atoms with van der Waals surface area (Å²) in [6, 6.07) is 6.85. The van der Waals surface area contributed by atoms with Gasteiger partial charge in [0.05, 0.1) is 11.9 Å². The number of pyridine rings is 2. The van der Waals surface area contributed by atoms with Crippen LogP contribution in [-0.2, 0) is 22.6 Å². The van der Waals surface area contributed by atoms with Gasteiger partial charge in [-0.2, -0.15) is 0 Å². The number of carboxylic acids is 1. The molecule has 1 atom stereocenters. The van der Waals surface area contributed by atoms with E-state index in [1.54, 1.807) is 23.1 Å². The Labute approximate surface area is 217 Å². The number of nitrogens with one attached hydrogen (secondary N) is 1. The second-order valence-electron chi connectivity index (χ2n) is 9.51. The lowest BCUT2D eigenvalue weighted by atomic mass is 10.0. The van der Waals surface area contributed by atoms with Gasteiger partial charge in [0.2, 0.25) is 5.91 Å². The fourth-order valence-corrected chi connectivity index (χ4v) is 4.64. The molecule has 4 rings (SSSR count). The van der Waals surface area contributed by atoms with Gasteiger partial charge in [0.25, 0.3) is 11.5 Å². The maximum atomic E-state index is 13.6. The molecule has 1 aliphatic rings. The first-order valence-corrected chi connectivity index (χ1v) is 12.4. The minimum atomic E-state index is -1.13. The molecule has 3 N–H and O–H groups in total. The Kier molecular flexibility index (Phi) is 8.04. The number of aromatic nitrogens is 2. The van der Waals surface area contributed by atoms with Crippen molar-refractivity contribution in [2.24, 2.45) is 0 Å². The number of rotatable bonds is 9. The minimum absolute atomic E-state index is 0.0111.